The number of carbonyl (C=O) groups is 2. The summed E-state index contributed by atoms with van der Waals surface area (Å²) in [6.45, 7) is 7.18. The minimum absolute atomic E-state index is 0.319. The Kier molecular flexibility index (Phi) is 9.50. The Morgan fingerprint density at radius 1 is 1.43 bits per heavy atom. The van der Waals surface area contributed by atoms with Gasteiger partial charge in [0.2, 0.25) is 0 Å². The van der Waals surface area contributed by atoms with Crippen molar-refractivity contribution in [3.05, 3.63) is 0 Å². The third kappa shape index (κ3) is 13.6. The summed E-state index contributed by atoms with van der Waals surface area (Å²) in [5, 5.41) is 2.45. The predicted molar refractivity (Wildman–Crippen MR) is 56.5 cm³/mol. The number of alkyl carbamates (subject to hydrolysis) is 1. The molecule has 0 saturated heterocycles. The highest BCUT2D eigenvalue weighted by Gasteiger charge is 2.14. The van der Waals surface area contributed by atoms with E-state index in [9.17, 15) is 9.59 Å². The lowest BCUT2D eigenvalue weighted by atomic mass is 10.2. The van der Waals surface area contributed by atoms with E-state index < -0.39 is 11.7 Å². The first kappa shape index (κ1) is 15.5. The predicted octanol–water partition coefficient (Wildman–Crippen LogP) is 1.30. The number of nitrogens with one attached hydrogen (secondary N) is 1. The second kappa shape index (κ2) is 8.60. The molecule has 5 heteroatoms. The second-order valence-electron chi connectivity index (χ2n) is 3.38. The third-order valence-electron chi connectivity index (χ3n) is 0.930. The fourth-order valence-electron chi connectivity index (χ4n) is 0.547. The fourth-order valence-corrected chi connectivity index (χ4v) is 0.547. The van der Waals surface area contributed by atoms with Crippen LogP contribution in [0.15, 0.2) is 0 Å². The van der Waals surface area contributed by atoms with Crippen molar-refractivity contribution in [1.82, 2.24) is 5.32 Å². The number of ether oxygens (including phenoxy) is 1. The van der Waals surface area contributed by atoms with E-state index in [-0.39, 0.29) is 0 Å². The van der Waals surface area contributed by atoms with Crippen LogP contribution in [0.4, 0.5) is 4.79 Å². The van der Waals surface area contributed by atoms with Crippen LogP contribution in [0, 0.1) is 0 Å². The minimum atomic E-state index is -0.482. The van der Waals surface area contributed by atoms with Crippen LogP contribution in [-0.4, -0.2) is 32.4 Å². The van der Waals surface area contributed by atoms with Crippen molar-refractivity contribution in [1.29, 1.82) is 0 Å². The minimum Gasteiger partial charge on any atom is -0.444 e. The molecular formula is C9H18BNO3. The first-order chi connectivity index (χ1) is 6.45. The van der Waals surface area contributed by atoms with Crippen molar-refractivity contribution >= 4 is 20.2 Å². The van der Waals surface area contributed by atoms with E-state index in [4.69, 9.17) is 4.74 Å². The van der Waals surface area contributed by atoms with Gasteiger partial charge in [0.1, 0.15) is 11.9 Å². The van der Waals surface area contributed by atoms with E-state index in [0.29, 0.717) is 13.0 Å². The summed E-state index contributed by atoms with van der Waals surface area (Å²) in [7, 11) is 4.50. The summed E-state index contributed by atoms with van der Waals surface area (Å²) in [5.41, 5.74) is -0.481. The monoisotopic (exact) mass is 199 g/mol. The van der Waals surface area contributed by atoms with Crippen LogP contribution in [-0.2, 0) is 9.53 Å². The molecular weight excluding hydrogens is 181 g/mol. The highest BCUT2D eigenvalue weighted by molar-refractivity contribution is 6.05. The second-order valence-corrected chi connectivity index (χ2v) is 3.38. The van der Waals surface area contributed by atoms with Gasteiger partial charge in [-0.05, 0) is 20.8 Å². The average molecular weight is 199 g/mol. The van der Waals surface area contributed by atoms with Gasteiger partial charge in [-0.1, -0.05) is 6.82 Å². The smallest absolute Gasteiger partial charge is 0.407 e. The largest absolute Gasteiger partial charge is 0.444 e. The summed E-state index contributed by atoms with van der Waals surface area (Å²) in [5.74, 6) is 0. The number of carbonyl (C=O) groups excluding carboxylic acids is 2. The van der Waals surface area contributed by atoms with Gasteiger partial charge in [0.05, 0.1) is 7.85 Å². The van der Waals surface area contributed by atoms with Gasteiger partial charge >= 0.3 is 6.09 Å². The molecule has 2 radical (unpaired) electrons. The Morgan fingerprint density at radius 2 is 1.93 bits per heavy atom. The molecule has 0 spiro atoms. The van der Waals surface area contributed by atoms with Crippen molar-refractivity contribution in [2.75, 3.05) is 6.54 Å². The number of hydrogen-bond acceptors (Lipinski definition) is 3. The molecule has 0 rings (SSSR count). The summed E-state index contributed by atoms with van der Waals surface area (Å²) in [4.78, 5) is 20.8. The first-order valence-corrected chi connectivity index (χ1v) is 4.44. The van der Waals surface area contributed by atoms with Gasteiger partial charge in [0.25, 0.3) is 0 Å². The lowest BCUT2D eigenvalue weighted by Crippen LogP contribution is -2.33. The molecule has 0 aromatic carbocycles. The van der Waals surface area contributed by atoms with E-state index in [2.05, 4.69) is 13.2 Å². The van der Waals surface area contributed by atoms with Crippen molar-refractivity contribution < 1.29 is 14.3 Å². The molecule has 0 unspecified atom stereocenters. The maximum Gasteiger partial charge on any atom is 0.407 e. The Morgan fingerprint density at radius 3 is 2.29 bits per heavy atom. The van der Waals surface area contributed by atoms with Crippen LogP contribution in [0.25, 0.3) is 0 Å². The molecule has 0 saturated carbocycles. The van der Waals surface area contributed by atoms with Crippen molar-refractivity contribution in [2.45, 2.75) is 39.6 Å². The van der Waals surface area contributed by atoms with Gasteiger partial charge in [-0.3, -0.25) is 0 Å². The zero-order valence-corrected chi connectivity index (χ0v) is 9.29. The van der Waals surface area contributed by atoms with Crippen LogP contribution >= 0.6 is 0 Å². The van der Waals surface area contributed by atoms with E-state index in [0.717, 1.165) is 6.29 Å². The Bertz CT molecular complexity index is 166. The van der Waals surface area contributed by atoms with Crippen LogP contribution in [0.2, 0.25) is 6.82 Å². The summed E-state index contributed by atoms with van der Waals surface area (Å²) >= 11 is 0. The van der Waals surface area contributed by atoms with Crippen LogP contribution in [0.5, 0.6) is 0 Å². The lowest BCUT2D eigenvalue weighted by Gasteiger charge is -2.19. The van der Waals surface area contributed by atoms with Crippen LogP contribution in [0.3, 0.4) is 0 Å². The number of amides is 1. The summed E-state index contributed by atoms with van der Waals surface area (Å²) in [6.07, 6.45) is 0.584. The normalized spacial score (nSPS) is 9.43. The average Bonchev–Trinajstić information content (AvgIpc) is 2.05. The standard InChI is InChI=1S/C8H15NO3.CH3B/c1-8(2,3)12-7(11)9-5-4-6-10;1-2/h6H,4-5H2,1-3H3,(H,9,11);1H3. The number of hydrogen-bond donors (Lipinski definition) is 1. The van der Waals surface area contributed by atoms with Crippen LogP contribution < -0.4 is 5.32 Å². The fraction of sp³-hybridized carbons (Fsp3) is 0.778. The first-order valence-electron chi connectivity index (χ1n) is 4.44. The highest BCUT2D eigenvalue weighted by Crippen LogP contribution is 2.05. The number of aldehydes is 1. The molecule has 14 heavy (non-hydrogen) atoms. The molecule has 1 N–H and O–H groups in total. The Balaban J connectivity index is 0. The summed E-state index contributed by atoms with van der Waals surface area (Å²) < 4.78 is 4.92. The molecule has 0 heterocycles. The van der Waals surface area contributed by atoms with Gasteiger partial charge in [-0.15, -0.1) is 0 Å². The molecule has 0 aliphatic rings. The van der Waals surface area contributed by atoms with Crippen molar-refractivity contribution in [2.24, 2.45) is 0 Å². The van der Waals surface area contributed by atoms with Gasteiger partial charge in [0, 0.05) is 13.0 Å². The quantitative estimate of drug-likeness (QED) is 0.423. The Hall–Kier alpha value is -0.995. The zero-order chi connectivity index (χ0) is 11.6. The van der Waals surface area contributed by atoms with Gasteiger partial charge < -0.3 is 14.8 Å². The maximum atomic E-state index is 10.9. The maximum absolute atomic E-state index is 10.9. The molecule has 0 atom stereocenters. The summed E-state index contributed by atoms with van der Waals surface area (Å²) in [6, 6.07) is 0. The van der Waals surface area contributed by atoms with Gasteiger partial charge in [-0.25, -0.2) is 4.79 Å². The third-order valence-corrected chi connectivity index (χ3v) is 0.930. The van der Waals surface area contributed by atoms with E-state index in [1.54, 1.807) is 20.8 Å². The molecule has 0 aromatic heterocycles. The van der Waals surface area contributed by atoms with Gasteiger partial charge in [-0.2, -0.15) is 0 Å². The van der Waals surface area contributed by atoms with Crippen molar-refractivity contribution in [3.8, 4) is 0 Å². The number of rotatable bonds is 3. The van der Waals surface area contributed by atoms with E-state index in [1.807, 2.05) is 0 Å². The molecule has 1 amide bonds. The van der Waals surface area contributed by atoms with Crippen molar-refractivity contribution in [3.63, 3.8) is 0 Å². The van der Waals surface area contributed by atoms with E-state index in [1.165, 1.54) is 6.82 Å². The molecule has 80 valence electrons. The zero-order valence-electron chi connectivity index (χ0n) is 9.29. The topological polar surface area (TPSA) is 55.4 Å². The molecule has 0 bridgehead atoms. The highest BCUT2D eigenvalue weighted by atomic mass is 16.6. The molecule has 4 nitrogen and oxygen atoms in total. The molecule has 0 fully saturated rings. The van der Waals surface area contributed by atoms with E-state index >= 15 is 0 Å². The molecule has 0 aromatic rings. The van der Waals surface area contributed by atoms with Gasteiger partial charge in [0.15, 0.2) is 0 Å². The molecule has 0 aliphatic heterocycles. The van der Waals surface area contributed by atoms with Crippen LogP contribution in [0.1, 0.15) is 27.2 Å². The molecule has 0 aliphatic carbocycles. The Labute approximate surface area is 86.8 Å². The SMILES string of the molecule is CC(C)(C)OC(=O)NCCC=O.[B]C. The lowest BCUT2D eigenvalue weighted by molar-refractivity contribution is -0.107.